The van der Waals surface area contributed by atoms with Gasteiger partial charge in [0.15, 0.2) is 0 Å². The van der Waals surface area contributed by atoms with Gasteiger partial charge in [0.25, 0.3) is 0 Å². The van der Waals surface area contributed by atoms with Crippen molar-refractivity contribution in [1.82, 2.24) is 10.2 Å². The molecule has 1 saturated heterocycles. The standard InChI is InChI=1S/C10H20N2O2/c1-10(2)7-12(3)8(6-11-10)4-5-9(13)14/h8,11H,4-7H2,1-3H3,(H,13,14). The van der Waals surface area contributed by atoms with Gasteiger partial charge in [0.05, 0.1) is 0 Å². The molecule has 0 saturated carbocycles. The van der Waals surface area contributed by atoms with E-state index >= 15 is 0 Å². The number of carboxylic acid groups (broad SMARTS) is 1. The number of nitrogens with one attached hydrogen (secondary N) is 1. The second-order valence-corrected chi connectivity index (χ2v) is 4.77. The Morgan fingerprint density at radius 3 is 2.79 bits per heavy atom. The monoisotopic (exact) mass is 200 g/mol. The fourth-order valence-electron chi connectivity index (χ4n) is 1.97. The van der Waals surface area contributed by atoms with Crippen LogP contribution in [0.3, 0.4) is 0 Å². The molecule has 2 N–H and O–H groups in total. The van der Waals surface area contributed by atoms with E-state index in [4.69, 9.17) is 5.11 Å². The molecule has 1 fully saturated rings. The highest BCUT2D eigenvalue weighted by atomic mass is 16.4. The molecule has 82 valence electrons. The normalized spacial score (nSPS) is 27.5. The SMILES string of the molecule is CN1CC(C)(C)NCC1CCC(=O)O. The van der Waals surface area contributed by atoms with E-state index in [0.29, 0.717) is 6.04 Å². The maximum atomic E-state index is 10.4. The summed E-state index contributed by atoms with van der Waals surface area (Å²) in [5.41, 5.74) is 0.147. The Labute approximate surface area is 85.3 Å². The van der Waals surface area contributed by atoms with Crippen LogP contribution in [0, 0.1) is 0 Å². The van der Waals surface area contributed by atoms with Crippen LogP contribution in [-0.2, 0) is 4.79 Å². The van der Waals surface area contributed by atoms with Gasteiger partial charge in [-0.2, -0.15) is 0 Å². The smallest absolute Gasteiger partial charge is 0.303 e. The predicted molar refractivity (Wildman–Crippen MR) is 55.4 cm³/mol. The van der Waals surface area contributed by atoms with Crippen molar-refractivity contribution in [3.8, 4) is 0 Å². The van der Waals surface area contributed by atoms with Crippen molar-refractivity contribution in [2.24, 2.45) is 0 Å². The summed E-state index contributed by atoms with van der Waals surface area (Å²) in [5, 5.41) is 12.0. The lowest BCUT2D eigenvalue weighted by Crippen LogP contribution is -2.60. The first kappa shape index (κ1) is 11.5. The van der Waals surface area contributed by atoms with Crippen LogP contribution in [-0.4, -0.2) is 47.7 Å². The average molecular weight is 200 g/mol. The third-order valence-corrected chi connectivity index (χ3v) is 2.78. The zero-order valence-electron chi connectivity index (χ0n) is 9.21. The van der Waals surface area contributed by atoms with Gasteiger partial charge in [-0.15, -0.1) is 0 Å². The zero-order chi connectivity index (χ0) is 10.8. The van der Waals surface area contributed by atoms with Crippen molar-refractivity contribution in [3.05, 3.63) is 0 Å². The molecule has 0 aromatic carbocycles. The summed E-state index contributed by atoms with van der Waals surface area (Å²) < 4.78 is 0. The van der Waals surface area contributed by atoms with Crippen molar-refractivity contribution in [2.75, 3.05) is 20.1 Å². The molecule has 0 aromatic heterocycles. The Kier molecular flexibility index (Phi) is 3.50. The van der Waals surface area contributed by atoms with Crippen molar-refractivity contribution < 1.29 is 9.90 Å². The van der Waals surface area contributed by atoms with E-state index in [2.05, 4.69) is 31.1 Å². The molecular formula is C10H20N2O2. The molecule has 0 bridgehead atoms. The summed E-state index contributed by atoms with van der Waals surface area (Å²) in [6, 6.07) is 0.360. The fourth-order valence-corrected chi connectivity index (χ4v) is 1.97. The maximum absolute atomic E-state index is 10.4. The van der Waals surface area contributed by atoms with E-state index in [1.807, 2.05) is 0 Å². The molecule has 0 aromatic rings. The van der Waals surface area contributed by atoms with E-state index in [0.717, 1.165) is 19.5 Å². The number of carboxylic acids is 1. The number of carbonyl (C=O) groups is 1. The van der Waals surface area contributed by atoms with Gasteiger partial charge < -0.3 is 15.3 Å². The molecule has 4 heteroatoms. The molecule has 1 atom stereocenters. The van der Waals surface area contributed by atoms with Gasteiger partial charge in [-0.25, -0.2) is 0 Å². The number of hydrogen-bond acceptors (Lipinski definition) is 3. The van der Waals surface area contributed by atoms with Crippen molar-refractivity contribution in [2.45, 2.75) is 38.3 Å². The minimum atomic E-state index is -0.705. The molecule has 0 aliphatic carbocycles. The molecule has 1 rings (SSSR count). The molecule has 0 radical (unpaired) electrons. The van der Waals surface area contributed by atoms with Gasteiger partial charge >= 0.3 is 5.97 Å². The van der Waals surface area contributed by atoms with Crippen LogP contribution in [0.25, 0.3) is 0 Å². The highest BCUT2D eigenvalue weighted by molar-refractivity contribution is 5.66. The van der Waals surface area contributed by atoms with Crippen LogP contribution in [0.2, 0.25) is 0 Å². The van der Waals surface area contributed by atoms with Crippen LogP contribution in [0.5, 0.6) is 0 Å². The summed E-state index contributed by atoms with van der Waals surface area (Å²) >= 11 is 0. The zero-order valence-corrected chi connectivity index (χ0v) is 9.21. The van der Waals surface area contributed by atoms with Gasteiger partial charge in [0, 0.05) is 31.1 Å². The third-order valence-electron chi connectivity index (χ3n) is 2.78. The van der Waals surface area contributed by atoms with Crippen molar-refractivity contribution >= 4 is 5.97 Å². The molecule has 0 spiro atoms. The van der Waals surface area contributed by atoms with E-state index in [9.17, 15) is 4.79 Å². The fraction of sp³-hybridized carbons (Fsp3) is 0.900. The number of hydrogen-bond donors (Lipinski definition) is 2. The summed E-state index contributed by atoms with van der Waals surface area (Å²) in [7, 11) is 2.06. The first-order valence-corrected chi connectivity index (χ1v) is 5.08. The lowest BCUT2D eigenvalue weighted by Gasteiger charge is -2.42. The van der Waals surface area contributed by atoms with Crippen LogP contribution in [0.1, 0.15) is 26.7 Å². The summed E-state index contributed by atoms with van der Waals surface area (Å²) in [6.07, 6.45) is 0.992. The molecule has 1 unspecified atom stereocenters. The summed E-state index contributed by atoms with van der Waals surface area (Å²) in [5.74, 6) is -0.705. The minimum Gasteiger partial charge on any atom is -0.481 e. The lowest BCUT2D eigenvalue weighted by atomic mass is 9.97. The van der Waals surface area contributed by atoms with Crippen molar-refractivity contribution in [1.29, 1.82) is 0 Å². The number of aliphatic carboxylic acids is 1. The Morgan fingerprint density at radius 2 is 2.29 bits per heavy atom. The highest BCUT2D eigenvalue weighted by Crippen LogP contribution is 2.16. The molecular weight excluding hydrogens is 180 g/mol. The van der Waals surface area contributed by atoms with Crippen LogP contribution in [0.4, 0.5) is 0 Å². The first-order valence-electron chi connectivity index (χ1n) is 5.08. The Bertz CT molecular complexity index is 216. The molecule has 1 aliphatic heterocycles. The lowest BCUT2D eigenvalue weighted by molar-refractivity contribution is -0.137. The molecule has 4 nitrogen and oxygen atoms in total. The predicted octanol–water partition coefficient (Wildman–Crippen LogP) is 0.533. The van der Waals surface area contributed by atoms with Gasteiger partial charge in [0.2, 0.25) is 0 Å². The molecule has 1 aliphatic rings. The van der Waals surface area contributed by atoms with Crippen LogP contribution in [0.15, 0.2) is 0 Å². The number of nitrogens with zero attached hydrogens (tertiary/aromatic N) is 1. The second kappa shape index (κ2) is 4.28. The topological polar surface area (TPSA) is 52.6 Å². The number of likely N-dealkylation sites (N-methyl/N-ethyl adjacent to an activating group) is 1. The minimum absolute atomic E-state index is 0.147. The third kappa shape index (κ3) is 3.27. The second-order valence-electron chi connectivity index (χ2n) is 4.77. The number of piperazine rings is 1. The van der Waals surface area contributed by atoms with E-state index in [1.165, 1.54) is 0 Å². The molecule has 1 heterocycles. The summed E-state index contributed by atoms with van der Waals surface area (Å²) in [6.45, 7) is 6.18. The van der Waals surface area contributed by atoms with Gasteiger partial charge in [-0.1, -0.05) is 0 Å². The Morgan fingerprint density at radius 1 is 1.64 bits per heavy atom. The maximum Gasteiger partial charge on any atom is 0.303 e. The largest absolute Gasteiger partial charge is 0.481 e. The quantitative estimate of drug-likeness (QED) is 0.698. The van der Waals surface area contributed by atoms with E-state index in [1.54, 1.807) is 0 Å². The van der Waals surface area contributed by atoms with Crippen molar-refractivity contribution in [3.63, 3.8) is 0 Å². The van der Waals surface area contributed by atoms with Gasteiger partial charge in [-0.3, -0.25) is 4.79 Å². The Hall–Kier alpha value is -0.610. The summed E-state index contributed by atoms with van der Waals surface area (Å²) in [4.78, 5) is 12.7. The van der Waals surface area contributed by atoms with Crippen LogP contribution < -0.4 is 5.32 Å². The van der Waals surface area contributed by atoms with Crippen LogP contribution >= 0.6 is 0 Å². The van der Waals surface area contributed by atoms with E-state index in [-0.39, 0.29) is 12.0 Å². The average Bonchev–Trinajstić information content (AvgIpc) is 2.00. The Balaban J connectivity index is 2.38. The first-order chi connectivity index (χ1) is 6.41. The molecule has 0 amide bonds. The number of rotatable bonds is 3. The van der Waals surface area contributed by atoms with Gasteiger partial charge in [0.1, 0.15) is 0 Å². The highest BCUT2D eigenvalue weighted by Gasteiger charge is 2.29. The van der Waals surface area contributed by atoms with E-state index < -0.39 is 5.97 Å². The van der Waals surface area contributed by atoms with Gasteiger partial charge in [-0.05, 0) is 27.3 Å². The molecule has 14 heavy (non-hydrogen) atoms.